The van der Waals surface area contributed by atoms with E-state index in [1.54, 1.807) is 0 Å². The maximum atomic E-state index is 6.20. The van der Waals surface area contributed by atoms with Crippen LogP contribution in [-0.2, 0) is 6.42 Å². The highest BCUT2D eigenvalue weighted by Crippen LogP contribution is 2.28. The van der Waals surface area contributed by atoms with Crippen molar-refractivity contribution in [1.82, 2.24) is 19.4 Å². The molecule has 0 radical (unpaired) electrons. The van der Waals surface area contributed by atoms with E-state index in [2.05, 4.69) is 50.9 Å². The molecule has 4 aromatic rings. The zero-order chi connectivity index (χ0) is 17.7. The molecule has 5 rings (SSSR count). The molecule has 1 atom stereocenters. The average molecular weight is 365 g/mol. The lowest BCUT2D eigenvalue weighted by atomic mass is 10.0. The van der Waals surface area contributed by atoms with Crippen molar-refractivity contribution in [1.29, 1.82) is 0 Å². The summed E-state index contributed by atoms with van der Waals surface area (Å²) in [5.41, 5.74) is 5.68. The van der Waals surface area contributed by atoms with Crippen LogP contribution in [0.3, 0.4) is 0 Å². The van der Waals surface area contributed by atoms with Crippen molar-refractivity contribution in [3.8, 4) is 5.69 Å². The summed E-state index contributed by atoms with van der Waals surface area (Å²) in [4.78, 5) is 10.4. The smallest absolute Gasteiger partial charge is 0.100 e. The predicted molar refractivity (Wildman–Crippen MR) is 107 cm³/mol. The Balaban J connectivity index is 1.58. The molecular weight excluding hydrogens is 344 g/mol. The number of nitrogens with zero attached hydrogens (tertiary/aromatic N) is 3. The fourth-order valence-corrected chi connectivity index (χ4v) is 4.33. The normalized spacial score (nSPS) is 18.3. The van der Waals surface area contributed by atoms with Gasteiger partial charge >= 0.3 is 0 Å². The van der Waals surface area contributed by atoms with Gasteiger partial charge in [-0.2, -0.15) is 0 Å². The van der Waals surface area contributed by atoms with Gasteiger partial charge in [0.15, 0.2) is 0 Å². The van der Waals surface area contributed by atoms with Gasteiger partial charge in [-0.25, -0.2) is 4.98 Å². The van der Waals surface area contributed by atoms with E-state index in [-0.39, 0.29) is 0 Å². The number of fused-ring (bicyclic) bond motifs is 2. The number of likely N-dealkylation sites (tertiary alicyclic amines) is 1. The van der Waals surface area contributed by atoms with E-state index in [4.69, 9.17) is 11.6 Å². The summed E-state index contributed by atoms with van der Waals surface area (Å²) in [5.74, 6) is 0. The van der Waals surface area contributed by atoms with Crippen LogP contribution in [0.25, 0.3) is 27.6 Å². The summed E-state index contributed by atoms with van der Waals surface area (Å²) in [6, 6.07) is 13.0. The van der Waals surface area contributed by atoms with Gasteiger partial charge in [0, 0.05) is 33.9 Å². The molecule has 5 heteroatoms. The Kier molecular flexibility index (Phi) is 3.76. The van der Waals surface area contributed by atoms with Crippen LogP contribution in [0.1, 0.15) is 18.4 Å². The first-order valence-electron chi connectivity index (χ1n) is 9.12. The second-order valence-electron chi connectivity index (χ2n) is 7.27. The summed E-state index contributed by atoms with van der Waals surface area (Å²) in [5, 5.41) is 2.03. The first kappa shape index (κ1) is 15.9. The van der Waals surface area contributed by atoms with Gasteiger partial charge in [-0.1, -0.05) is 11.6 Å². The molecule has 2 aromatic carbocycles. The van der Waals surface area contributed by atoms with Crippen molar-refractivity contribution in [3.63, 3.8) is 0 Å². The van der Waals surface area contributed by atoms with Gasteiger partial charge in [0.2, 0.25) is 0 Å². The number of hydrogen-bond acceptors (Lipinski definition) is 2. The minimum absolute atomic E-state index is 0.644. The van der Waals surface area contributed by atoms with E-state index in [1.165, 1.54) is 35.9 Å². The summed E-state index contributed by atoms with van der Waals surface area (Å²) in [7, 11) is 2.24. The van der Waals surface area contributed by atoms with Crippen molar-refractivity contribution in [2.75, 3.05) is 13.6 Å². The molecular formula is C21H21ClN4. The Morgan fingerprint density at radius 1 is 1.23 bits per heavy atom. The minimum atomic E-state index is 0.644. The average Bonchev–Trinajstić information content (AvgIpc) is 3.34. The van der Waals surface area contributed by atoms with Gasteiger partial charge < -0.3 is 9.88 Å². The maximum Gasteiger partial charge on any atom is 0.100 e. The Morgan fingerprint density at radius 3 is 3.00 bits per heavy atom. The number of aromatic amines is 1. The third kappa shape index (κ3) is 2.61. The third-order valence-electron chi connectivity index (χ3n) is 5.67. The zero-order valence-corrected chi connectivity index (χ0v) is 15.5. The number of rotatable bonds is 3. The van der Waals surface area contributed by atoms with E-state index < -0.39 is 0 Å². The number of benzene rings is 2. The van der Waals surface area contributed by atoms with Gasteiger partial charge in [0.1, 0.15) is 6.33 Å². The van der Waals surface area contributed by atoms with E-state index in [9.17, 15) is 0 Å². The van der Waals surface area contributed by atoms with Crippen LogP contribution < -0.4 is 0 Å². The van der Waals surface area contributed by atoms with Crippen LogP contribution in [-0.4, -0.2) is 39.1 Å². The Morgan fingerprint density at radius 2 is 2.15 bits per heavy atom. The highest BCUT2D eigenvalue weighted by atomic mass is 35.5. The highest BCUT2D eigenvalue weighted by Gasteiger charge is 2.22. The molecule has 1 aliphatic rings. The molecule has 26 heavy (non-hydrogen) atoms. The summed E-state index contributed by atoms with van der Waals surface area (Å²) in [6.45, 7) is 1.21. The molecule has 2 aromatic heterocycles. The summed E-state index contributed by atoms with van der Waals surface area (Å²) < 4.78 is 2.11. The quantitative estimate of drug-likeness (QED) is 0.567. The van der Waals surface area contributed by atoms with Gasteiger partial charge in [0.05, 0.1) is 11.0 Å². The van der Waals surface area contributed by atoms with Gasteiger partial charge in [-0.05, 0) is 74.8 Å². The third-order valence-corrected chi connectivity index (χ3v) is 5.90. The zero-order valence-electron chi connectivity index (χ0n) is 14.7. The van der Waals surface area contributed by atoms with E-state index in [1.807, 2.05) is 24.5 Å². The van der Waals surface area contributed by atoms with Gasteiger partial charge in [0.25, 0.3) is 0 Å². The van der Waals surface area contributed by atoms with Crippen molar-refractivity contribution in [3.05, 3.63) is 59.5 Å². The fourth-order valence-electron chi connectivity index (χ4n) is 4.16. The van der Waals surface area contributed by atoms with Crippen LogP contribution in [0.4, 0.5) is 0 Å². The number of aromatic nitrogens is 3. The molecule has 0 saturated carbocycles. The number of likely N-dealkylation sites (N-methyl/N-ethyl adjacent to an activating group) is 1. The van der Waals surface area contributed by atoms with Crippen LogP contribution >= 0.6 is 11.6 Å². The van der Waals surface area contributed by atoms with Crippen molar-refractivity contribution in [2.45, 2.75) is 25.3 Å². The van der Waals surface area contributed by atoms with Gasteiger partial charge in [-0.3, -0.25) is 4.57 Å². The molecule has 3 heterocycles. The number of hydrogen-bond donors (Lipinski definition) is 1. The number of imidazole rings is 1. The molecule has 1 N–H and O–H groups in total. The minimum Gasteiger partial charge on any atom is -0.361 e. The molecule has 1 aliphatic heterocycles. The van der Waals surface area contributed by atoms with Crippen LogP contribution in [0.15, 0.2) is 48.9 Å². The Labute approximate surface area is 157 Å². The molecule has 0 unspecified atom stereocenters. The lowest BCUT2D eigenvalue weighted by molar-refractivity contribution is 0.310. The van der Waals surface area contributed by atoms with Crippen LogP contribution in [0.5, 0.6) is 0 Å². The monoisotopic (exact) mass is 364 g/mol. The topological polar surface area (TPSA) is 36.9 Å². The van der Waals surface area contributed by atoms with Crippen molar-refractivity contribution >= 4 is 33.5 Å². The maximum absolute atomic E-state index is 6.20. The second-order valence-corrected chi connectivity index (χ2v) is 7.71. The van der Waals surface area contributed by atoms with E-state index in [0.29, 0.717) is 6.04 Å². The fraction of sp³-hybridized carbons (Fsp3) is 0.286. The Hall–Kier alpha value is -2.30. The lowest BCUT2D eigenvalue weighted by Gasteiger charge is -2.18. The Bertz CT molecular complexity index is 1090. The molecule has 4 nitrogen and oxygen atoms in total. The second kappa shape index (κ2) is 6.15. The van der Waals surface area contributed by atoms with Crippen LogP contribution in [0, 0.1) is 0 Å². The summed E-state index contributed by atoms with van der Waals surface area (Å²) in [6.07, 6.45) is 7.73. The first-order valence-corrected chi connectivity index (χ1v) is 9.50. The molecule has 1 saturated heterocycles. The standard InChI is InChI=1S/C21H21ClN4/c1-25-8-2-3-16(25)9-14-12-23-19-7-5-17(11-18(14)19)26-13-24-20-6-4-15(22)10-21(20)26/h4-7,10-13,16,23H,2-3,8-9H2,1H3/t16-/m1/s1. The summed E-state index contributed by atoms with van der Waals surface area (Å²) >= 11 is 6.20. The SMILES string of the molecule is CN1CCC[C@@H]1Cc1c[nH]c2ccc(-n3cnc4ccc(Cl)cc43)cc12. The van der Waals surface area contributed by atoms with Crippen molar-refractivity contribution in [2.24, 2.45) is 0 Å². The highest BCUT2D eigenvalue weighted by molar-refractivity contribution is 6.31. The molecule has 0 spiro atoms. The number of H-pyrrole nitrogens is 1. The first-order chi connectivity index (χ1) is 12.7. The number of nitrogens with one attached hydrogen (secondary N) is 1. The largest absolute Gasteiger partial charge is 0.361 e. The molecule has 132 valence electrons. The van der Waals surface area contributed by atoms with Gasteiger partial charge in [-0.15, -0.1) is 0 Å². The predicted octanol–water partition coefficient (Wildman–Crippen LogP) is 4.80. The molecule has 0 amide bonds. The van der Waals surface area contributed by atoms with Crippen LogP contribution in [0.2, 0.25) is 5.02 Å². The molecule has 1 fully saturated rings. The molecule has 0 aliphatic carbocycles. The van der Waals surface area contributed by atoms with E-state index in [0.717, 1.165) is 28.2 Å². The van der Waals surface area contributed by atoms with Crippen molar-refractivity contribution < 1.29 is 0 Å². The number of halogens is 1. The van der Waals surface area contributed by atoms with E-state index >= 15 is 0 Å². The molecule has 0 bridgehead atoms. The lowest BCUT2D eigenvalue weighted by Crippen LogP contribution is -2.26.